The lowest BCUT2D eigenvalue weighted by atomic mass is 10.1. The maximum atomic E-state index is 9.52. The summed E-state index contributed by atoms with van der Waals surface area (Å²) in [7, 11) is 3.73. The highest BCUT2D eigenvalue weighted by Gasteiger charge is 2.14. The molecule has 0 aliphatic carbocycles. The van der Waals surface area contributed by atoms with Crippen LogP contribution in [0.4, 0.5) is 5.13 Å². The normalized spacial score (nSPS) is 10.8. The van der Waals surface area contributed by atoms with Crippen molar-refractivity contribution in [2.45, 2.75) is 13.0 Å². The van der Waals surface area contributed by atoms with Gasteiger partial charge in [0.15, 0.2) is 5.13 Å². The first-order valence-electron chi connectivity index (χ1n) is 6.62. The van der Waals surface area contributed by atoms with Crippen molar-refractivity contribution in [2.24, 2.45) is 0 Å². The first kappa shape index (κ1) is 15.0. The Morgan fingerprint density at radius 1 is 1.30 bits per heavy atom. The van der Waals surface area contributed by atoms with Gasteiger partial charge < -0.3 is 14.7 Å². The van der Waals surface area contributed by atoms with Crippen LogP contribution < -0.4 is 4.90 Å². The van der Waals surface area contributed by atoms with E-state index in [1.165, 1.54) is 0 Å². The Morgan fingerprint density at radius 3 is 2.70 bits per heavy atom. The third kappa shape index (κ3) is 3.56. The Labute approximate surface area is 123 Å². The van der Waals surface area contributed by atoms with Crippen LogP contribution >= 0.6 is 11.3 Å². The van der Waals surface area contributed by atoms with Crippen LogP contribution in [0.15, 0.2) is 30.3 Å². The molecule has 0 saturated heterocycles. The molecule has 0 aliphatic heterocycles. The summed E-state index contributed by atoms with van der Waals surface area (Å²) in [6.07, 6.45) is 0.960. The van der Waals surface area contributed by atoms with Crippen molar-refractivity contribution in [3.05, 3.63) is 35.2 Å². The first-order chi connectivity index (χ1) is 9.76. The molecular weight excluding hydrogens is 272 g/mol. The van der Waals surface area contributed by atoms with Crippen LogP contribution in [0.25, 0.3) is 11.3 Å². The van der Waals surface area contributed by atoms with Crippen LogP contribution in [0.1, 0.15) is 11.3 Å². The lowest BCUT2D eigenvalue weighted by Crippen LogP contribution is -2.19. The van der Waals surface area contributed by atoms with Crippen molar-refractivity contribution < 1.29 is 9.84 Å². The van der Waals surface area contributed by atoms with Gasteiger partial charge in [0.25, 0.3) is 0 Å². The molecule has 0 unspecified atom stereocenters. The number of aromatic nitrogens is 1. The van der Waals surface area contributed by atoms with Crippen LogP contribution in [-0.4, -0.2) is 37.4 Å². The molecular formula is C15H20N2O2S. The van der Waals surface area contributed by atoms with Crippen LogP contribution in [0.5, 0.6) is 0 Å². The van der Waals surface area contributed by atoms with Crippen LogP contribution in [0.3, 0.4) is 0 Å². The molecule has 0 bridgehead atoms. The molecule has 1 aromatic carbocycles. The second-order valence-electron chi connectivity index (χ2n) is 4.56. The maximum absolute atomic E-state index is 9.52. The summed E-state index contributed by atoms with van der Waals surface area (Å²) in [4.78, 5) is 7.69. The summed E-state index contributed by atoms with van der Waals surface area (Å²) in [6, 6.07) is 9.98. The number of anilines is 1. The summed E-state index contributed by atoms with van der Waals surface area (Å²) in [5.41, 5.74) is 1.93. The molecule has 0 fully saturated rings. The van der Waals surface area contributed by atoms with E-state index in [1.807, 2.05) is 37.4 Å². The average molecular weight is 292 g/mol. The fourth-order valence-corrected chi connectivity index (χ4v) is 2.90. The summed E-state index contributed by atoms with van der Waals surface area (Å²) in [5.74, 6) is 0. The minimum atomic E-state index is 0.0216. The molecule has 5 heteroatoms. The zero-order chi connectivity index (χ0) is 14.4. The fourth-order valence-electron chi connectivity index (χ4n) is 1.97. The Hall–Kier alpha value is -1.43. The van der Waals surface area contributed by atoms with Crippen LogP contribution in [0, 0.1) is 0 Å². The monoisotopic (exact) mass is 292 g/mol. The van der Waals surface area contributed by atoms with E-state index in [-0.39, 0.29) is 6.61 Å². The van der Waals surface area contributed by atoms with Crippen molar-refractivity contribution in [3.63, 3.8) is 0 Å². The molecule has 0 aliphatic rings. The number of aliphatic hydroxyl groups is 1. The van der Waals surface area contributed by atoms with Crippen molar-refractivity contribution in [1.82, 2.24) is 4.98 Å². The predicted octanol–water partition coefficient (Wildman–Crippen LogP) is 2.78. The van der Waals surface area contributed by atoms with Crippen LogP contribution in [-0.2, 0) is 11.3 Å². The van der Waals surface area contributed by atoms with Gasteiger partial charge in [-0.25, -0.2) is 4.98 Å². The number of rotatable bonds is 7. The molecule has 4 nitrogen and oxygen atoms in total. The summed E-state index contributed by atoms with van der Waals surface area (Å²) in [6.45, 7) is 1.66. The van der Waals surface area contributed by atoms with E-state index in [2.05, 4.69) is 9.88 Å². The van der Waals surface area contributed by atoms with E-state index in [9.17, 15) is 5.11 Å². The molecule has 0 atom stereocenters. The van der Waals surface area contributed by atoms with Crippen molar-refractivity contribution in [2.75, 3.05) is 32.2 Å². The molecule has 1 heterocycles. The van der Waals surface area contributed by atoms with Gasteiger partial charge in [0, 0.05) is 32.9 Å². The van der Waals surface area contributed by atoms with Gasteiger partial charge >= 0.3 is 0 Å². The second kappa shape index (κ2) is 7.38. The average Bonchev–Trinajstić information content (AvgIpc) is 2.92. The van der Waals surface area contributed by atoms with Gasteiger partial charge in [-0.05, 0) is 6.42 Å². The van der Waals surface area contributed by atoms with Gasteiger partial charge in [0.05, 0.1) is 17.2 Å². The molecule has 20 heavy (non-hydrogen) atoms. The third-order valence-corrected chi connectivity index (χ3v) is 4.20. The number of benzene rings is 1. The highest BCUT2D eigenvalue weighted by atomic mass is 32.1. The lowest BCUT2D eigenvalue weighted by molar-refractivity contribution is 0.196. The van der Waals surface area contributed by atoms with Gasteiger partial charge in [-0.15, -0.1) is 0 Å². The zero-order valence-corrected chi connectivity index (χ0v) is 12.7. The quantitative estimate of drug-likeness (QED) is 0.797. The molecule has 1 aromatic heterocycles. The Balaban J connectivity index is 2.18. The van der Waals surface area contributed by atoms with E-state index in [0.717, 1.165) is 40.8 Å². The lowest BCUT2D eigenvalue weighted by Gasteiger charge is -2.14. The molecule has 1 N–H and O–H groups in total. The fraction of sp³-hybridized carbons (Fsp3) is 0.400. The van der Waals surface area contributed by atoms with Crippen molar-refractivity contribution in [1.29, 1.82) is 0 Å². The second-order valence-corrected chi connectivity index (χ2v) is 5.62. The van der Waals surface area contributed by atoms with Crippen molar-refractivity contribution >= 4 is 16.5 Å². The number of methoxy groups -OCH3 is 1. The number of ether oxygens (including phenoxy) is 1. The van der Waals surface area contributed by atoms with Gasteiger partial charge in [-0.1, -0.05) is 41.7 Å². The van der Waals surface area contributed by atoms with E-state index in [0.29, 0.717) is 0 Å². The number of hydrogen-bond acceptors (Lipinski definition) is 5. The molecule has 0 saturated carbocycles. The molecule has 0 amide bonds. The number of thiazole rings is 1. The SMILES string of the molecule is COCCCN(C)c1nc(-c2ccccc2)c(CO)s1. The molecule has 2 aromatic rings. The molecule has 0 spiro atoms. The third-order valence-electron chi connectivity index (χ3n) is 3.05. The number of hydrogen-bond donors (Lipinski definition) is 1. The molecule has 2 rings (SSSR count). The summed E-state index contributed by atoms with van der Waals surface area (Å²) >= 11 is 1.54. The molecule has 0 radical (unpaired) electrons. The first-order valence-corrected chi connectivity index (χ1v) is 7.44. The summed E-state index contributed by atoms with van der Waals surface area (Å²) in [5, 5.41) is 10.5. The highest BCUT2D eigenvalue weighted by Crippen LogP contribution is 2.32. The van der Waals surface area contributed by atoms with Gasteiger partial charge in [-0.2, -0.15) is 0 Å². The summed E-state index contributed by atoms with van der Waals surface area (Å²) < 4.78 is 5.06. The van der Waals surface area contributed by atoms with Crippen molar-refractivity contribution in [3.8, 4) is 11.3 Å². The van der Waals surface area contributed by atoms with E-state index in [4.69, 9.17) is 4.74 Å². The van der Waals surface area contributed by atoms with Crippen LogP contribution in [0.2, 0.25) is 0 Å². The van der Waals surface area contributed by atoms with E-state index < -0.39 is 0 Å². The minimum Gasteiger partial charge on any atom is -0.391 e. The number of nitrogens with zero attached hydrogens (tertiary/aromatic N) is 2. The Kier molecular flexibility index (Phi) is 5.52. The molecule has 108 valence electrons. The van der Waals surface area contributed by atoms with E-state index in [1.54, 1.807) is 18.4 Å². The standard InChI is InChI=1S/C15H20N2O2S/c1-17(9-6-10-19-2)15-16-14(13(11-18)20-15)12-7-4-3-5-8-12/h3-5,7-8,18H,6,9-11H2,1-2H3. The number of aliphatic hydroxyl groups excluding tert-OH is 1. The smallest absolute Gasteiger partial charge is 0.185 e. The van der Waals surface area contributed by atoms with E-state index >= 15 is 0 Å². The Morgan fingerprint density at radius 2 is 2.05 bits per heavy atom. The minimum absolute atomic E-state index is 0.0216. The predicted molar refractivity (Wildman–Crippen MR) is 83.2 cm³/mol. The maximum Gasteiger partial charge on any atom is 0.185 e. The zero-order valence-electron chi connectivity index (χ0n) is 11.9. The Bertz CT molecular complexity index is 528. The topological polar surface area (TPSA) is 45.6 Å². The van der Waals surface area contributed by atoms with Gasteiger partial charge in [0.1, 0.15) is 0 Å². The highest BCUT2D eigenvalue weighted by molar-refractivity contribution is 7.16. The largest absolute Gasteiger partial charge is 0.391 e. The van der Waals surface area contributed by atoms with Gasteiger partial charge in [-0.3, -0.25) is 0 Å². The van der Waals surface area contributed by atoms with Gasteiger partial charge in [0.2, 0.25) is 0 Å².